The van der Waals surface area contributed by atoms with E-state index in [1.807, 2.05) is 54.5 Å². The van der Waals surface area contributed by atoms with Crippen LogP contribution in [-0.2, 0) is 11.2 Å². The van der Waals surface area contributed by atoms with E-state index in [1.165, 1.54) is 6.07 Å². The van der Waals surface area contributed by atoms with Gasteiger partial charge in [-0.25, -0.2) is 18.6 Å². The molecule has 1 atom stereocenters. The first kappa shape index (κ1) is 42.5. The van der Waals surface area contributed by atoms with Gasteiger partial charge in [0.1, 0.15) is 35.1 Å². The number of aromatic nitrogens is 3. The van der Waals surface area contributed by atoms with E-state index in [4.69, 9.17) is 30.8 Å². The maximum Gasteiger partial charge on any atom is 0.410 e. The number of fused-ring (bicyclic) bond motifs is 4. The van der Waals surface area contributed by atoms with Gasteiger partial charge in [0.15, 0.2) is 5.82 Å². The number of hydrogen-bond donors (Lipinski definition) is 0. The first-order valence-corrected chi connectivity index (χ1v) is 20.1. The van der Waals surface area contributed by atoms with Crippen molar-refractivity contribution >= 4 is 33.6 Å². The summed E-state index contributed by atoms with van der Waals surface area (Å²) in [5, 5.41) is 1.67. The normalized spacial score (nSPS) is 18.4. The molecule has 3 fully saturated rings. The lowest BCUT2D eigenvalue weighted by Gasteiger charge is -2.43. The van der Waals surface area contributed by atoms with E-state index in [-0.39, 0.29) is 40.5 Å². The summed E-state index contributed by atoms with van der Waals surface area (Å²) in [7, 11) is 0.500. The standard InChI is InChI=1S/C39H42F2N6O3.2C2H6.CH3F/c1-5-26-28(40)15-14-24-10-6-12-27(30(24)26)33-32(41)34-31-29(42-33)13-7-11-25-22-45(37(48)50-38(2,3)4)20-21-47(25)35(31)44-36(43-34)49-23-39-16-8-18-46(39)19-9-17-39;3*1-2/h1,6,10,12,14-15,25H,7-9,11,13,16-23H2,2-4H3;2*1-2H3;1H3. The molecule has 8 rings (SSSR count). The van der Waals surface area contributed by atoms with Crippen molar-refractivity contribution in [3.63, 3.8) is 0 Å². The number of halogens is 3. The quantitative estimate of drug-likeness (QED) is 0.190. The van der Waals surface area contributed by atoms with Gasteiger partial charge in [0.05, 0.1) is 29.4 Å². The van der Waals surface area contributed by atoms with Gasteiger partial charge < -0.3 is 19.3 Å². The van der Waals surface area contributed by atoms with Gasteiger partial charge in [-0.15, -0.1) is 6.42 Å². The molecule has 2 aromatic heterocycles. The third kappa shape index (κ3) is 8.24. The Bertz CT molecular complexity index is 2050. The SMILES string of the molecule is C#Cc1c(F)ccc2cccc(-c3nc4c5c(nc(OCC67CCCN6CCC7)nc5c3F)N3CCN(C(=O)OC(C)(C)C)CC3CCC4)c12.CC.CC.CF. The summed E-state index contributed by atoms with van der Waals surface area (Å²) < 4.78 is 53.9. The third-order valence-corrected chi connectivity index (χ3v) is 10.9. The molecule has 0 radical (unpaired) electrons. The van der Waals surface area contributed by atoms with Crippen LogP contribution in [0.1, 0.15) is 98.2 Å². The lowest BCUT2D eigenvalue weighted by Crippen LogP contribution is -2.56. The topological polar surface area (TPSA) is 83.9 Å². The van der Waals surface area contributed by atoms with Crippen molar-refractivity contribution in [3.8, 4) is 29.6 Å². The second kappa shape index (κ2) is 18.1. The molecular weight excluding hydrogens is 718 g/mol. The van der Waals surface area contributed by atoms with Gasteiger partial charge in [-0.05, 0) is 90.3 Å². The number of hydrogen-bond acceptors (Lipinski definition) is 8. The summed E-state index contributed by atoms with van der Waals surface area (Å²) >= 11 is 0. The Balaban J connectivity index is 0.000000956. The second-order valence-corrected chi connectivity index (χ2v) is 15.1. The Morgan fingerprint density at radius 1 is 0.946 bits per heavy atom. The number of benzene rings is 2. The molecule has 12 heteroatoms. The average Bonchev–Trinajstić information content (AvgIpc) is 3.79. The number of amides is 1. The number of rotatable bonds is 4. The van der Waals surface area contributed by atoms with E-state index in [0.29, 0.717) is 73.1 Å². The molecule has 0 aliphatic carbocycles. The highest BCUT2D eigenvalue weighted by atomic mass is 19.1. The van der Waals surface area contributed by atoms with Crippen LogP contribution in [-0.4, -0.2) is 94.5 Å². The van der Waals surface area contributed by atoms with E-state index >= 15 is 8.78 Å². The maximum atomic E-state index is 17.2. The third-order valence-electron chi connectivity index (χ3n) is 10.9. The molecule has 2 aromatic carbocycles. The molecule has 0 N–H and O–H groups in total. The van der Waals surface area contributed by atoms with Crippen molar-refractivity contribution in [2.24, 2.45) is 0 Å². The van der Waals surface area contributed by atoms with Crippen LogP contribution < -0.4 is 9.64 Å². The molecule has 0 saturated carbocycles. The number of pyridine rings is 1. The first-order valence-electron chi connectivity index (χ1n) is 20.1. The molecule has 1 unspecified atom stereocenters. The predicted octanol–water partition coefficient (Wildman–Crippen LogP) is 9.51. The summed E-state index contributed by atoms with van der Waals surface area (Å²) in [6.45, 7) is 17.5. The van der Waals surface area contributed by atoms with Gasteiger partial charge in [0.2, 0.25) is 0 Å². The highest BCUT2D eigenvalue weighted by Crippen LogP contribution is 2.42. The van der Waals surface area contributed by atoms with Gasteiger partial charge >= 0.3 is 12.1 Å². The smallest absolute Gasteiger partial charge is 0.410 e. The zero-order valence-corrected chi connectivity index (χ0v) is 34.3. The van der Waals surface area contributed by atoms with E-state index in [1.54, 1.807) is 23.1 Å². The number of aryl methyl sites for hydroxylation is 1. The van der Waals surface area contributed by atoms with Gasteiger partial charge in [-0.1, -0.05) is 57.9 Å². The van der Waals surface area contributed by atoms with Crippen LogP contribution in [0.4, 0.5) is 23.8 Å². The lowest BCUT2D eigenvalue weighted by molar-refractivity contribution is 0.0211. The monoisotopic (exact) mass is 774 g/mol. The van der Waals surface area contributed by atoms with E-state index < -0.39 is 17.2 Å². The van der Waals surface area contributed by atoms with E-state index in [9.17, 15) is 9.18 Å². The molecule has 1 amide bonds. The Hall–Kier alpha value is -4.63. The van der Waals surface area contributed by atoms with Crippen molar-refractivity contribution in [1.82, 2.24) is 24.8 Å². The fraction of sp³-hybridized carbons (Fsp3) is 0.545. The fourth-order valence-electron chi connectivity index (χ4n) is 8.57. The van der Waals surface area contributed by atoms with Gasteiger partial charge in [0, 0.05) is 36.6 Å². The predicted molar refractivity (Wildman–Crippen MR) is 218 cm³/mol. The van der Waals surface area contributed by atoms with Crippen LogP contribution in [0.3, 0.4) is 0 Å². The molecule has 4 aliphatic rings. The van der Waals surface area contributed by atoms with Crippen LogP contribution in [0.15, 0.2) is 30.3 Å². The molecule has 0 bridgehead atoms. The van der Waals surface area contributed by atoms with Crippen molar-refractivity contribution in [2.45, 2.75) is 111 Å². The van der Waals surface area contributed by atoms with Gasteiger partial charge in [-0.2, -0.15) is 9.97 Å². The fourth-order valence-corrected chi connectivity index (χ4v) is 8.57. The molecule has 0 spiro atoms. The highest BCUT2D eigenvalue weighted by molar-refractivity contribution is 6.02. The summed E-state index contributed by atoms with van der Waals surface area (Å²) in [6, 6.07) is 8.38. The number of carbonyl (C=O) groups is 1. The Morgan fingerprint density at radius 2 is 1.66 bits per heavy atom. The average molecular weight is 775 g/mol. The zero-order valence-electron chi connectivity index (χ0n) is 34.3. The Kier molecular flexibility index (Phi) is 13.7. The largest absolute Gasteiger partial charge is 0.461 e. The molecule has 4 aromatic rings. The van der Waals surface area contributed by atoms with Crippen LogP contribution in [0, 0.1) is 24.0 Å². The summed E-state index contributed by atoms with van der Waals surface area (Å²) in [4.78, 5) is 34.3. The van der Waals surface area contributed by atoms with E-state index in [2.05, 4.69) is 15.7 Å². The Labute approximate surface area is 330 Å². The maximum absolute atomic E-state index is 17.2. The van der Waals surface area contributed by atoms with Gasteiger partial charge in [-0.3, -0.25) is 9.29 Å². The van der Waals surface area contributed by atoms with Crippen LogP contribution >= 0.6 is 0 Å². The minimum Gasteiger partial charge on any atom is -0.461 e. The minimum absolute atomic E-state index is 0.0583. The van der Waals surface area contributed by atoms with Crippen molar-refractivity contribution in [3.05, 3.63) is 53.2 Å². The summed E-state index contributed by atoms with van der Waals surface area (Å²) in [5.74, 6) is 1.86. The molecule has 56 heavy (non-hydrogen) atoms. The number of terminal acetylenes is 1. The van der Waals surface area contributed by atoms with Crippen LogP contribution in [0.25, 0.3) is 32.9 Å². The van der Waals surface area contributed by atoms with Crippen molar-refractivity contribution < 1.29 is 27.4 Å². The number of anilines is 1. The van der Waals surface area contributed by atoms with E-state index in [0.717, 1.165) is 51.6 Å². The molecular formula is C44H57F3N6O3. The number of nitrogens with zero attached hydrogens (tertiary/aromatic N) is 6. The second-order valence-electron chi connectivity index (χ2n) is 15.1. The molecule has 302 valence electrons. The number of piperazine rings is 1. The first-order chi connectivity index (χ1) is 27.0. The van der Waals surface area contributed by atoms with Crippen molar-refractivity contribution in [1.29, 1.82) is 0 Å². The highest BCUT2D eigenvalue weighted by Gasteiger charge is 2.45. The zero-order chi connectivity index (χ0) is 40.8. The number of ether oxygens (including phenoxy) is 2. The molecule has 9 nitrogen and oxygen atoms in total. The van der Waals surface area contributed by atoms with Gasteiger partial charge in [0.25, 0.3) is 0 Å². The summed E-state index contributed by atoms with van der Waals surface area (Å²) in [6.07, 6.45) is 11.8. The summed E-state index contributed by atoms with van der Waals surface area (Å²) in [5.41, 5.74) is 0.657. The van der Waals surface area contributed by atoms with Crippen LogP contribution in [0.5, 0.6) is 6.01 Å². The molecule has 4 aliphatic heterocycles. The van der Waals surface area contributed by atoms with Crippen molar-refractivity contribution in [2.75, 3.05) is 51.4 Å². The lowest BCUT2D eigenvalue weighted by atomic mass is 9.94. The Morgan fingerprint density at radius 3 is 2.34 bits per heavy atom. The number of alkyl halides is 1. The van der Waals surface area contributed by atoms with Crippen LogP contribution in [0.2, 0.25) is 0 Å². The molecule has 6 heterocycles. The number of carbonyl (C=O) groups excluding carboxylic acids is 1. The molecule has 3 saturated heterocycles. The minimum atomic E-state index is -0.636.